The predicted molar refractivity (Wildman–Crippen MR) is 104 cm³/mol. The molecule has 4 aromatic rings. The van der Waals surface area contributed by atoms with E-state index in [1.54, 1.807) is 7.11 Å². The van der Waals surface area contributed by atoms with Crippen LogP contribution in [0.2, 0.25) is 0 Å². The Morgan fingerprint density at radius 2 is 1.92 bits per heavy atom. The van der Waals surface area contributed by atoms with Gasteiger partial charge >= 0.3 is 0 Å². The number of pyridine rings is 1. The summed E-state index contributed by atoms with van der Waals surface area (Å²) >= 11 is 3.39. The Morgan fingerprint density at radius 1 is 1.08 bits per heavy atom. The Morgan fingerprint density at radius 3 is 2.69 bits per heavy atom. The summed E-state index contributed by atoms with van der Waals surface area (Å²) in [5.74, 6) is 0.876. The third-order valence-corrected chi connectivity index (χ3v) is 4.55. The molecule has 1 aromatic carbocycles. The van der Waals surface area contributed by atoms with Crippen LogP contribution < -0.4 is 10.5 Å². The van der Waals surface area contributed by atoms with Crippen LogP contribution in [0.4, 0.5) is 5.95 Å². The van der Waals surface area contributed by atoms with Gasteiger partial charge in [-0.15, -0.1) is 10.2 Å². The Labute approximate surface area is 158 Å². The average molecular weight is 411 g/mol. The van der Waals surface area contributed by atoms with E-state index in [1.165, 1.54) is 0 Å². The maximum atomic E-state index is 5.83. The molecule has 7 nitrogen and oxygen atoms in total. The van der Waals surface area contributed by atoms with Crippen molar-refractivity contribution in [1.29, 1.82) is 0 Å². The summed E-state index contributed by atoms with van der Waals surface area (Å²) in [6.45, 7) is 0. The van der Waals surface area contributed by atoms with Gasteiger partial charge in [0.1, 0.15) is 21.7 Å². The van der Waals surface area contributed by atoms with Crippen molar-refractivity contribution in [3.63, 3.8) is 0 Å². The molecule has 0 amide bonds. The highest BCUT2D eigenvalue weighted by Crippen LogP contribution is 2.36. The molecule has 0 atom stereocenters. The Hall–Kier alpha value is -3.00. The Balaban J connectivity index is 2.02. The van der Waals surface area contributed by atoms with Gasteiger partial charge in [0, 0.05) is 29.7 Å². The number of ether oxygens (including phenoxy) is 1. The van der Waals surface area contributed by atoms with Crippen LogP contribution in [-0.4, -0.2) is 31.8 Å². The van der Waals surface area contributed by atoms with Crippen LogP contribution in [0.25, 0.3) is 33.5 Å². The number of fused-ring (bicyclic) bond motifs is 1. The van der Waals surface area contributed by atoms with Crippen LogP contribution in [0.5, 0.6) is 5.75 Å². The molecule has 130 valence electrons. The maximum absolute atomic E-state index is 5.83. The van der Waals surface area contributed by atoms with Crippen molar-refractivity contribution >= 4 is 32.8 Å². The van der Waals surface area contributed by atoms with Crippen molar-refractivity contribution < 1.29 is 4.74 Å². The molecule has 0 unspecified atom stereocenters. The molecular weight excluding hydrogens is 396 g/mol. The number of nitrogens with two attached hydrogens (primary N) is 1. The zero-order valence-corrected chi connectivity index (χ0v) is 15.7. The number of anilines is 1. The van der Waals surface area contributed by atoms with E-state index >= 15 is 0 Å². The number of halogens is 1. The smallest absolute Gasteiger partial charge is 0.240 e. The van der Waals surface area contributed by atoms with E-state index in [2.05, 4.69) is 36.1 Å². The highest BCUT2D eigenvalue weighted by atomic mass is 79.9. The number of nitrogens with zero attached hydrogens (tertiary/aromatic N) is 5. The molecule has 3 aromatic heterocycles. The van der Waals surface area contributed by atoms with Gasteiger partial charge < -0.3 is 15.0 Å². The standard InChI is InChI=1S/C18H15BrN6O/c1-25-9-12(11-8-10(26-2)6-7-14(11)25)16-17(23-24-18(20)22-16)13-4-3-5-15(19)21-13/h3-9H,1-2H3,(H2,20,22,24). The van der Waals surface area contributed by atoms with Crippen LogP contribution in [-0.2, 0) is 7.05 Å². The molecule has 0 radical (unpaired) electrons. The minimum atomic E-state index is 0.110. The van der Waals surface area contributed by atoms with Gasteiger partial charge in [-0.05, 0) is 46.3 Å². The Bertz CT molecular complexity index is 1120. The third kappa shape index (κ3) is 2.78. The lowest BCUT2D eigenvalue weighted by Gasteiger charge is -2.07. The summed E-state index contributed by atoms with van der Waals surface area (Å²) in [6.07, 6.45) is 2.00. The zero-order valence-electron chi connectivity index (χ0n) is 14.1. The van der Waals surface area contributed by atoms with Crippen molar-refractivity contribution in [1.82, 2.24) is 24.7 Å². The fourth-order valence-corrected chi connectivity index (χ4v) is 3.27. The first kappa shape index (κ1) is 16.5. The molecule has 0 aliphatic rings. The second-order valence-corrected chi connectivity index (χ2v) is 6.56. The number of methoxy groups -OCH3 is 1. The molecule has 0 bridgehead atoms. The first-order valence-corrected chi connectivity index (χ1v) is 8.62. The predicted octanol–water partition coefficient (Wildman–Crippen LogP) is 3.45. The molecule has 0 spiro atoms. The summed E-state index contributed by atoms with van der Waals surface area (Å²) in [4.78, 5) is 8.94. The molecule has 2 N–H and O–H groups in total. The molecule has 8 heteroatoms. The van der Waals surface area contributed by atoms with E-state index in [4.69, 9.17) is 10.5 Å². The van der Waals surface area contributed by atoms with E-state index in [0.717, 1.165) is 22.2 Å². The van der Waals surface area contributed by atoms with Crippen molar-refractivity contribution in [2.45, 2.75) is 0 Å². The van der Waals surface area contributed by atoms with Crippen LogP contribution >= 0.6 is 15.9 Å². The van der Waals surface area contributed by atoms with E-state index in [-0.39, 0.29) is 5.95 Å². The van der Waals surface area contributed by atoms with Crippen molar-refractivity contribution in [2.24, 2.45) is 7.05 Å². The van der Waals surface area contributed by atoms with Gasteiger partial charge in [-0.1, -0.05) is 6.07 Å². The summed E-state index contributed by atoms with van der Waals surface area (Å²) in [6, 6.07) is 11.5. The summed E-state index contributed by atoms with van der Waals surface area (Å²) in [7, 11) is 3.62. The fourth-order valence-electron chi connectivity index (χ4n) is 2.93. The summed E-state index contributed by atoms with van der Waals surface area (Å²) in [5.41, 5.74) is 9.62. The zero-order chi connectivity index (χ0) is 18.3. The van der Waals surface area contributed by atoms with Crippen molar-refractivity contribution in [2.75, 3.05) is 12.8 Å². The quantitative estimate of drug-likeness (QED) is 0.520. The molecule has 3 heterocycles. The van der Waals surface area contributed by atoms with Gasteiger partial charge in [-0.25, -0.2) is 9.97 Å². The molecule has 0 fully saturated rings. The van der Waals surface area contributed by atoms with E-state index in [0.29, 0.717) is 21.7 Å². The number of hydrogen-bond acceptors (Lipinski definition) is 6. The van der Waals surface area contributed by atoms with Gasteiger partial charge in [0.25, 0.3) is 0 Å². The van der Waals surface area contributed by atoms with Crippen LogP contribution in [0.1, 0.15) is 0 Å². The normalized spacial score (nSPS) is 11.0. The van der Waals surface area contributed by atoms with E-state index in [9.17, 15) is 0 Å². The summed E-state index contributed by atoms with van der Waals surface area (Å²) < 4.78 is 8.11. The number of benzene rings is 1. The first-order chi connectivity index (χ1) is 12.6. The van der Waals surface area contributed by atoms with Crippen molar-refractivity contribution in [3.8, 4) is 28.4 Å². The van der Waals surface area contributed by atoms with Gasteiger partial charge in [0.15, 0.2) is 0 Å². The summed E-state index contributed by atoms with van der Waals surface area (Å²) in [5, 5.41) is 9.17. The number of aromatic nitrogens is 5. The van der Waals surface area contributed by atoms with Gasteiger partial charge in [-0.3, -0.25) is 0 Å². The molecule has 0 saturated carbocycles. The lowest BCUT2D eigenvalue weighted by molar-refractivity contribution is 0.415. The van der Waals surface area contributed by atoms with Crippen LogP contribution in [0, 0.1) is 0 Å². The molecular formula is C18H15BrN6O. The Kier molecular flexibility index (Phi) is 4.04. The lowest BCUT2D eigenvalue weighted by Crippen LogP contribution is -2.03. The van der Waals surface area contributed by atoms with E-state index in [1.807, 2.05) is 54.2 Å². The van der Waals surface area contributed by atoms with Crippen LogP contribution in [0.3, 0.4) is 0 Å². The average Bonchev–Trinajstić information content (AvgIpc) is 2.97. The van der Waals surface area contributed by atoms with Gasteiger partial charge in [0.05, 0.1) is 12.8 Å². The SMILES string of the molecule is COc1ccc2c(c1)c(-c1nc(N)nnc1-c1cccc(Br)n1)cn2C. The van der Waals surface area contributed by atoms with E-state index < -0.39 is 0 Å². The first-order valence-electron chi connectivity index (χ1n) is 7.83. The number of aryl methyl sites for hydroxylation is 1. The fraction of sp³-hybridized carbons (Fsp3) is 0.111. The topological polar surface area (TPSA) is 91.7 Å². The highest BCUT2D eigenvalue weighted by molar-refractivity contribution is 9.10. The largest absolute Gasteiger partial charge is 0.497 e. The van der Waals surface area contributed by atoms with Crippen LogP contribution in [0.15, 0.2) is 47.2 Å². The number of hydrogen-bond donors (Lipinski definition) is 1. The number of nitrogen functional groups attached to an aromatic ring is 1. The van der Waals surface area contributed by atoms with Gasteiger partial charge in [0.2, 0.25) is 5.95 Å². The van der Waals surface area contributed by atoms with Crippen molar-refractivity contribution in [3.05, 3.63) is 47.2 Å². The molecule has 0 saturated heterocycles. The highest BCUT2D eigenvalue weighted by Gasteiger charge is 2.19. The monoisotopic (exact) mass is 410 g/mol. The molecule has 0 aliphatic heterocycles. The minimum absolute atomic E-state index is 0.110. The van der Waals surface area contributed by atoms with Gasteiger partial charge in [-0.2, -0.15) is 0 Å². The minimum Gasteiger partial charge on any atom is -0.497 e. The molecule has 4 rings (SSSR count). The third-order valence-electron chi connectivity index (χ3n) is 4.11. The maximum Gasteiger partial charge on any atom is 0.240 e. The molecule has 26 heavy (non-hydrogen) atoms. The molecule has 0 aliphatic carbocycles. The second-order valence-electron chi connectivity index (χ2n) is 5.75. The second kappa shape index (κ2) is 6.38. The number of rotatable bonds is 3. The lowest BCUT2D eigenvalue weighted by atomic mass is 10.1.